The second-order valence-electron chi connectivity index (χ2n) is 3.77. The first-order chi connectivity index (χ1) is 7.81. The molecule has 0 spiro atoms. The summed E-state index contributed by atoms with van der Waals surface area (Å²) < 4.78 is 0. The van der Waals surface area contributed by atoms with E-state index < -0.39 is 0 Å². The van der Waals surface area contributed by atoms with Gasteiger partial charge >= 0.3 is 0 Å². The number of benzene rings is 1. The van der Waals surface area contributed by atoms with E-state index in [-0.39, 0.29) is 12.6 Å². The molecule has 1 aromatic rings. The molecule has 2 N–H and O–H groups in total. The van der Waals surface area contributed by atoms with Crippen LogP contribution in [0.15, 0.2) is 29.2 Å². The second-order valence-corrected chi connectivity index (χ2v) is 4.94. The van der Waals surface area contributed by atoms with Crippen molar-refractivity contribution in [1.82, 2.24) is 5.32 Å². The summed E-state index contributed by atoms with van der Waals surface area (Å²) in [5, 5.41) is 12.2. The molecule has 1 aromatic carbocycles. The third kappa shape index (κ3) is 4.16. The van der Waals surface area contributed by atoms with Gasteiger partial charge in [-0.2, -0.15) is 0 Å². The molecule has 0 fully saturated rings. The standard InChI is InChI=1S/C13H21NOS/c1-3-10-16-12-6-4-11(5-7-12)13(14-2)8-9-15/h4-7,13-15H,3,8-10H2,1-2H3. The van der Waals surface area contributed by atoms with Gasteiger partial charge in [0.1, 0.15) is 0 Å². The molecule has 0 heterocycles. The van der Waals surface area contributed by atoms with E-state index in [4.69, 9.17) is 5.11 Å². The first-order valence-electron chi connectivity index (χ1n) is 5.82. The van der Waals surface area contributed by atoms with Crippen LogP contribution in [0, 0.1) is 0 Å². The van der Waals surface area contributed by atoms with Crippen molar-refractivity contribution < 1.29 is 5.11 Å². The summed E-state index contributed by atoms with van der Waals surface area (Å²) in [6.07, 6.45) is 1.97. The van der Waals surface area contributed by atoms with Crippen molar-refractivity contribution in [2.75, 3.05) is 19.4 Å². The molecule has 0 aliphatic carbocycles. The van der Waals surface area contributed by atoms with Gasteiger partial charge in [0.2, 0.25) is 0 Å². The lowest BCUT2D eigenvalue weighted by Gasteiger charge is -2.15. The highest BCUT2D eigenvalue weighted by Crippen LogP contribution is 2.22. The first kappa shape index (κ1) is 13.6. The average molecular weight is 239 g/mol. The van der Waals surface area contributed by atoms with Crippen LogP contribution in [-0.2, 0) is 0 Å². The maximum absolute atomic E-state index is 8.96. The fourth-order valence-corrected chi connectivity index (χ4v) is 2.39. The van der Waals surface area contributed by atoms with Gasteiger partial charge < -0.3 is 10.4 Å². The summed E-state index contributed by atoms with van der Waals surface area (Å²) in [5.41, 5.74) is 1.25. The Morgan fingerprint density at radius 2 is 2.00 bits per heavy atom. The van der Waals surface area contributed by atoms with Crippen molar-refractivity contribution in [3.63, 3.8) is 0 Å². The highest BCUT2D eigenvalue weighted by Gasteiger charge is 2.07. The minimum Gasteiger partial charge on any atom is -0.396 e. The van der Waals surface area contributed by atoms with Crippen LogP contribution < -0.4 is 5.32 Å². The minimum atomic E-state index is 0.220. The van der Waals surface area contributed by atoms with Crippen LogP contribution in [0.2, 0.25) is 0 Å². The van der Waals surface area contributed by atoms with Crippen LogP contribution in [0.3, 0.4) is 0 Å². The summed E-state index contributed by atoms with van der Waals surface area (Å²) in [7, 11) is 1.93. The molecule has 90 valence electrons. The van der Waals surface area contributed by atoms with Crippen molar-refractivity contribution in [1.29, 1.82) is 0 Å². The highest BCUT2D eigenvalue weighted by atomic mass is 32.2. The largest absolute Gasteiger partial charge is 0.396 e. The fourth-order valence-electron chi connectivity index (χ4n) is 1.62. The van der Waals surface area contributed by atoms with Crippen molar-refractivity contribution >= 4 is 11.8 Å². The van der Waals surface area contributed by atoms with E-state index in [9.17, 15) is 0 Å². The number of aliphatic hydroxyl groups excluding tert-OH is 1. The Labute approximate surface area is 102 Å². The molecule has 0 aromatic heterocycles. The quantitative estimate of drug-likeness (QED) is 0.718. The maximum Gasteiger partial charge on any atom is 0.0449 e. The SMILES string of the molecule is CCCSc1ccc(C(CCO)NC)cc1. The number of nitrogens with one attached hydrogen (secondary N) is 1. The normalized spacial score (nSPS) is 12.7. The zero-order valence-corrected chi connectivity index (χ0v) is 10.9. The Morgan fingerprint density at radius 3 is 2.50 bits per heavy atom. The Kier molecular flexibility index (Phi) is 6.53. The van der Waals surface area contributed by atoms with Crippen molar-refractivity contribution in [3.8, 4) is 0 Å². The Bertz CT molecular complexity index is 286. The van der Waals surface area contributed by atoms with E-state index >= 15 is 0 Å². The molecular formula is C13H21NOS. The maximum atomic E-state index is 8.96. The first-order valence-corrected chi connectivity index (χ1v) is 6.81. The molecule has 1 rings (SSSR count). The van der Waals surface area contributed by atoms with Crippen molar-refractivity contribution in [2.45, 2.75) is 30.7 Å². The van der Waals surface area contributed by atoms with Crippen LogP contribution in [0.4, 0.5) is 0 Å². The summed E-state index contributed by atoms with van der Waals surface area (Å²) >= 11 is 1.89. The predicted octanol–water partition coefficient (Wildman–Crippen LogP) is 2.83. The number of hydrogen-bond donors (Lipinski definition) is 2. The molecule has 3 heteroatoms. The lowest BCUT2D eigenvalue weighted by molar-refractivity contribution is 0.269. The third-order valence-electron chi connectivity index (χ3n) is 2.52. The average Bonchev–Trinajstić information content (AvgIpc) is 2.34. The lowest BCUT2D eigenvalue weighted by atomic mass is 10.0. The second kappa shape index (κ2) is 7.71. The van der Waals surface area contributed by atoms with Gasteiger partial charge in [-0.25, -0.2) is 0 Å². The molecule has 0 radical (unpaired) electrons. The predicted molar refractivity (Wildman–Crippen MR) is 71.0 cm³/mol. The zero-order valence-electron chi connectivity index (χ0n) is 10.1. The topological polar surface area (TPSA) is 32.3 Å². The molecule has 2 nitrogen and oxygen atoms in total. The molecule has 0 bridgehead atoms. The molecule has 0 amide bonds. The number of hydrogen-bond acceptors (Lipinski definition) is 3. The van der Waals surface area contributed by atoms with Gasteiger partial charge in [0.05, 0.1) is 0 Å². The monoisotopic (exact) mass is 239 g/mol. The zero-order chi connectivity index (χ0) is 11.8. The molecule has 0 aliphatic heterocycles. The van der Waals surface area contributed by atoms with Gasteiger partial charge in [0.15, 0.2) is 0 Å². The molecule has 1 unspecified atom stereocenters. The molecular weight excluding hydrogens is 218 g/mol. The van der Waals surface area contributed by atoms with Crippen LogP contribution in [0.1, 0.15) is 31.4 Å². The third-order valence-corrected chi connectivity index (χ3v) is 3.74. The van der Waals surface area contributed by atoms with E-state index in [1.165, 1.54) is 22.6 Å². The van der Waals surface area contributed by atoms with Crippen LogP contribution in [-0.4, -0.2) is 24.5 Å². The lowest BCUT2D eigenvalue weighted by Crippen LogP contribution is -2.17. The molecule has 16 heavy (non-hydrogen) atoms. The summed E-state index contributed by atoms with van der Waals surface area (Å²) in [5.74, 6) is 1.17. The molecule has 0 saturated heterocycles. The van der Waals surface area contributed by atoms with Gasteiger partial charge in [-0.15, -0.1) is 11.8 Å². The van der Waals surface area contributed by atoms with Crippen LogP contribution in [0.5, 0.6) is 0 Å². The molecule has 0 aliphatic rings. The van der Waals surface area contributed by atoms with Crippen molar-refractivity contribution in [2.24, 2.45) is 0 Å². The van der Waals surface area contributed by atoms with Gasteiger partial charge in [-0.3, -0.25) is 0 Å². The molecule has 1 atom stereocenters. The smallest absolute Gasteiger partial charge is 0.0449 e. The summed E-state index contributed by atoms with van der Waals surface area (Å²) in [4.78, 5) is 1.32. The van der Waals surface area contributed by atoms with Crippen molar-refractivity contribution in [3.05, 3.63) is 29.8 Å². The van der Waals surface area contributed by atoms with Gasteiger partial charge in [-0.1, -0.05) is 19.1 Å². The minimum absolute atomic E-state index is 0.220. The van der Waals surface area contributed by atoms with E-state index in [1.807, 2.05) is 18.8 Å². The Morgan fingerprint density at radius 1 is 1.31 bits per heavy atom. The van der Waals surface area contributed by atoms with Crippen LogP contribution in [0.25, 0.3) is 0 Å². The van der Waals surface area contributed by atoms with E-state index in [0.29, 0.717) is 0 Å². The summed E-state index contributed by atoms with van der Waals surface area (Å²) in [6, 6.07) is 8.88. The Hall–Kier alpha value is -0.510. The van der Waals surface area contributed by atoms with Gasteiger partial charge in [0, 0.05) is 17.5 Å². The van der Waals surface area contributed by atoms with Gasteiger partial charge in [0.25, 0.3) is 0 Å². The number of rotatable bonds is 7. The van der Waals surface area contributed by atoms with E-state index in [1.54, 1.807) is 0 Å². The van der Waals surface area contributed by atoms with Gasteiger partial charge in [-0.05, 0) is 43.3 Å². The van der Waals surface area contributed by atoms with E-state index in [2.05, 4.69) is 36.5 Å². The molecule has 0 saturated carbocycles. The number of aliphatic hydroxyl groups is 1. The fraction of sp³-hybridized carbons (Fsp3) is 0.538. The van der Waals surface area contributed by atoms with Crippen LogP contribution >= 0.6 is 11.8 Å². The summed E-state index contributed by atoms with van der Waals surface area (Å²) in [6.45, 7) is 2.41. The Balaban J connectivity index is 2.61. The highest BCUT2D eigenvalue weighted by molar-refractivity contribution is 7.99. The number of thioether (sulfide) groups is 1. The van der Waals surface area contributed by atoms with E-state index in [0.717, 1.165) is 6.42 Å².